The van der Waals surface area contributed by atoms with Crippen molar-refractivity contribution >= 4 is 37.8 Å². The number of carbonyl (C=O) groups is 1. The summed E-state index contributed by atoms with van der Waals surface area (Å²) in [5, 5.41) is 0.809. The Kier molecular flexibility index (Phi) is 2.97. The van der Waals surface area contributed by atoms with Gasteiger partial charge in [-0.15, -0.1) is 0 Å². The number of halogens is 2. The van der Waals surface area contributed by atoms with E-state index in [2.05, 4.69) is 31.9 Å². The van der Waals surface area contributed by atoms with Crippen LogP contribution in [0.25, 0.3) is 0 Å². The lowest BCUT2D eigenvalue weighted by Gasteiger charge is -2.03. The fourth-order valence-electron chi connectivity index (χ4n) is 0.965. The Labute approximate surface area is 82.9 Å². The van der Waals surface area contributed by atoms with Gasteiger partial charge < -0.3 is 4.74 Å². The summed E-state index contributed by atoms with van der Waals surface area (Å²) in [6.45, 7) is 2.30. The van der Waals surface area contributed by atoms with E-state index in [-0.39, 0.29) is 16.2 Å². The topological polar surface area (TPSA) is 26.3 Å². The molecule has 0 aromatic heterocycles. The zero-order chi connectivity index (χ0) is 8.48. The Morgan fingerprint density at radius 3 is 2.82 bits per heavy atom. The zero-order valence-corrected chi connectivity index (χ0v) is 9.44. The molecule has 2 atom stereocenters. The molecule has 1 saturated carbocycles. The van der Waals surface area contributed by atoms with Gasteiger partial charge in [0.05, 0.1) is 12.5 Å². The molecule has 0 N–H and O–H groups in total. The Morgan fingerprint density at radius 1 is 1.82 bits per heavy atom. The molecule has 1 rings (SSSR count). The van der Waals surface area contributed by atoms with Crippen LogP contribution >= 0.6 is 31.9 Å². The first-order chi connectivity index (χ1) is 5.14. The van der Waals surface area contributed by atoms with E-state index in [9.17, 15) is 4.79 Å². The maximum Gasteiger partial charge on any atom is 0.310 e. The van der Waals surface area contributed by atoms with E-state index < -0.39 is 0 Å². The molecule has 0 amide bonds. The first-order valence-corrected chi connectivity index (χ1v) is 5.47. The molecule has 2 nitrogen and oxygen atoms in total. The van der Waals surface area contributed by atoms with Crippen LogP contribution in [0.3, 0.4) is 0 Å². The van der Waals surface area contributed by atoms with E-state index in [4.69, 9.17) is 4.74 Å². The van der Waals surface area contributed by atoms with Crippen molar-refractivity contribution in [2.75, 3.05) is 11.9 Å². The molecule has 0 bridgehead atoms. The fraction of sp³-hybridized carbons (Fsp3) is 0.857. The largest absolute Gasteiger partial charge is 0.466 e. The van der Waals surface area contributed by atoms with E-state index >= 15 is 0 Å². The minimum atomic E-state index is -0.0798. The lowest BCUT2D eigenvalue weighted by atomic mass is 10.3. The van der Waals surface area contributed by atoms with Gasteiger partial charge in [0.25, 0.3) is 0 Å². The molecule has 1 fully saturated rings. The molecule has 0 saturated heterocycles. The molecule has 1 aliphatic carbocycles. The van der Waals surface area contributed by atoms with Crippen molar-refractivity contribution in [3.63, 3.8) is 0 Å². The summed E-state index contributed by atoms with van der Waals surface area (Å²) in [5.41, 5.74) is 0. The number of alkyl halides is 2. The summed E-state index contributed by atoms with van der Waals surface area (Å²) in [4.78, 5) is 11.1. The van der Waals surface area contributed by atoms with Gasteiger partial charge >= 0.3 is 5.97 Å². The van der Waals surface area contributed by atoms with Crippen LogP contribution < -0.4 is 0 Å². The van der Waals surface area contributed by atoms with Gasteiger partial charge in [-0.1, -0.05) is 31.9 Å². The van der Waals surface area contributed by atoms with Crippen LogP contribution in [0.1, 0.15) is 13.3 Å². The van der Waals surface area contributed by atoms with Crippen LogP contribution in [0.2, 0.25) is 0 Å². The Balaban J connectivity index is 2.36. The lowest BCUT2D eigenvalue weighted by molar-refractivity contribution is -0.144. The number of ether oxygens (including phenoxy) is 1. The molecule has 64 valence electrons. The number of hydrogen-bond acceptors (Lipinski definition) is 2. The van der Waals surface area contributed by atoms with E-state index in [0.29, 0.717) is 6.61 Å². The number of rotatable bonds is 3. The predicted molar refractivity (Wildman–Crippen MR) is 50.2 cm³/mol. The molecule has 4 heteroatoms. The van der Waals surface area contributed by atoms with Crippen molar-refractivity contribution in [1.29, 1.82) is 0 Å². The predicted octanol–water partition coefficient (Wildman–Crippen LogP) is 2.10. The van der Waals surface area contributed by atoms with Crippen molar-refractivity contribution in [2.45, 2.75) is 17.7 Å². The lowest BCUT2D eigenvalue weighted by Crippen LogP contribution is -2.14. The molecule has 0 spiro atoms. The first kappa shape index (κ1) is 9.52. The second-order valence-electron chi connectivity index (χ2n) is 2.68. The van der Waals surface area contributed by atoms with Gasteiger partial charge in [-0.25, -0.2) is 0 Å². The standard InChI is InChI=1S/C7H10Br2O2/c1-2-11-6(10)5-3-7(5,9)4-8/h5H,2-4H2,1H3/t5-,7+/m0/s1. The quantitative estimate of drug-likeness (QED) is 0.586. The van der Waals surface area contributed by atoms with Gasteiger partial charge in [0.15, 0.2) is 0 Å². The highest BCUT2D eigenvalue weighted by molar-refractivity contribution is 9.12. The van der Waals surface area contributed by atoms with Crippen molar-refractivity contribution in [2.24, 2.45) is 5.92 Å². The van der Waals surface area contributed by atoms with Gasteiger partial charge in [-0.3, -0.25) is 4.79 Å². The summed E-state index contributed by atoms with van der Waals surface area (Å²) < 4.78 is 4.86. The summed E-state index contributed by atoms with van der Waals surface area (Å²) in [5.74, 6) is -0.0225. The third-order valence-electron chi connectivity index (χ3n) is 1.80. The van der Waals surface area contributed by atoms with E-state index in [0.717, 1.165) is 11.8 Å². The molecule has 0 aromatic carbocycles. The first-order valence-electron chi connectivity index (χ1n) is 3.55. The monoisotopic (exact) mass is 284 g/mol. The molecule has 0 unspecified atom stereocenters. The fourth-order valence-corrected chi connectivity index (χ4v) is 2.10. The summed E-state index contributed by atoms with van der Waals surface area (Å²) >= 11 is 6.82. The Morgan fingerprint density at radius 2 is 2.45 bits per heavy atom. The third-order valence-corrected chi connectivity index (χ3v) is 4.71. The number of carbonyl (C=O) groups excluding carboxylic acids is 1. The number of hydrogen-bond donors (Lipinski definition) is 0. The van der Waals surface area contributed by atoms with Gasteiger partial charge in [-0.05, 0) is 13.3 Å². The number of esters is 1. The molecule has 1 aliphatic rings. The highest BCUT2D eigenvalue weighted by Crippen LogP contribution is 2.52. The van der Waals surface area contributed by atoms with Gasteiger partial charge in [-0.2, -0.15) is 0 Å². The Hall–Kier alpha value is 0.430. The molecule has 0 heterocycles. The Bertz CT molecular complexity index is 172. The van der Waals surface area contributed by atoms with Crippen LogP contribution in [0, 0.1) is 5.92 Å². The highest BCUT2D eigenvalue weighted by Gasteiger charge is 2.56. The molecule has 0 radical (unpaired) electrons. The summed E-state index contributed by atoms with van der Waals surface area (Å²) in [6, 6.07) is 0. The second-order valence-corrected chi connectivity index (χ2v) is 4.82. The van der Waals surface area contributed by atoms with E-state index in [1.807, 2.05) is 6.92 Å². The maximum absolute atomic E-state index is 11.1. The van der Waals surface area contributed by atoms with Crippen LogP contribution in [0.4, 0.5) is 0 Å². The zero-order valence-electron chi connectivity index (χ0n) is 6.27. The summed E-state index contributed by atoms with van der Waals surface area (Å²) in [7, 11) is 0. The van der Waals surface area contributed by atoms with Crippen molar-refractivity contribution in [1.82, 2.24) is 0 Å². The minimum Gasteiger partial charge on any atom is -0.466 e. The van der Waals surface area contributed by atoms with Crippen LogP contribution in [-0.4, -0.2) is 22.2 Å². The van der Waals surface area contributed by atoms with Crippen molar-refractivity contribution < 1.29 is 9.53 Å². The molecule has 11 heavy (non-hydrogen) atoms. The molecule has 0 aliphatic heterocycles. The average Bonchev–Trinajstić information content (AvgIpc) is 2.65. The molecular formula is C7H10Br2O2. The SMILES string of the molecule is CCOC(=O)[C@@H]1C[C@@]1(Br)CBr. The third kappa shape index (κ3) is 1.96. The second kappa shape index (κ2) is 3.44. The average molecular weight is 286 g/mol. The van der Waals surface area contributed by atoms with Crippen LogP contribution in [0.5, 0.6) is 0 Å². The van der Waals surface area contributed by atoms with Crippen LogP contribution in [0.15, 0.2) is 0 Å². The highest BCUT2D eigenvalue weighted by atomic mass is 79.9. The van der Waals surface area contributed by atoms with E-state index in [1.165, 1.54) is 0 Å². The van der Waals surface area contributed by atoms with Gasteiger partial charge in [0.2, 0.25) is 0 Å². The molecular weight excluding hydrogens is 276 g/mol. The van der Waals surface area contributed by atoms with Crippen LogP contribution in [-0.2, 0) is 9.53 Å². The van der Waals surface area contributed by atoms with Gasteiger partial charge in [0.1, 0.15) is 0 Å². The molecule has 0 aromatic rings. The smallest absolute Gasteiger partial charge is 0.310 e. The minimum absolute atomic E-state index is 0.0146. The van der Waals surface area contributed by atoms with E-state index in [1.54, 1.807) is 0 Å². The van der Waals surface area contributed by atoms with Crippen molar-refractivity contribution in [3.8, 4) is 0 Å². The maximum atomic E-state index is 11.1. The normalized spacial score (nSPS) is 35.0. The summed E-state index contributed by atoms with van der Waals surface area (Å²) in [6.07, 6.45) is 0.886. The van der Waals surface area contributed by atoms with Gasteiger partial charge in [0, 0.05) is 9.65 Å². The van der Waals surface area contributed by atoms with Crippen molar-refractivity contribution in [3.05, 3.63) is 0 Å².